The highest BCUT2D eigenvalue weighted by Gasteiger charge is 2.22. The normalized spacial score (nSPS) is 12.1. The summed E-state index contributed by atoms with van der Waals surface area (Å²) in [5, 5.41) is 8.85. The van der Waals surface area contributed by atoms with Crippen LogP contribution in [0, 0.1) is 0 Å². The summed E-state index contributed by atoms with van der Waals surface area (Å²) in [5.41, 5.74) is 9.99. The standard InChI is InChI=1S/C27H27N3O4S/c1-33-22-11-13-23(14-12-22)34-27(20-8-5-9-24(16-20)35(29,31)32)25-15-10-21(28)17-26(25)30-18-19-6-3-2-4-7-19/h2-17,27,30H,18,28H2,1H3,(H2,29,31,32). The van der Waals surface area contributed by atoms with Gasteiger partial charge in [-0.2, -0.15) is 0 Å². The SMILES string of the molecule is COc1ccc(OC(c2cccc(S(N)(=O)=O)c2)c2ccc(N)cc2NCc2ccccc2)cc1. The number of nitrogens with one attached hydrogen (secondary N) is 1. The number of anilines is 2. The number of benzene rings is 4. The molecule has 7 nitrogen and oxygen atoms in total. The molecule has 1 unspecified atom stereocenters. The lowest BCUT2D eigenvalue weighted by atomic mass is 9.98. The van der Waals surface area contributed by atoms with E-state index in [1.165, 1.54) is 12.1 Å². The molecule has 0 saturated carbocycles. The van der Waals surface area contributed by atoms with E-state index in [0.717, 1.165) is 16.8 Å². The van der Waals surface area contributed by atoms with Crippen LogP contribution in [0.5, 0.6) is 11.5 Å². The van der Waals surface area contributed by atoms with Crippen molar-refractivity contribution in [3.63, 3.8) is 0 Å². The fourth-order valence-electron chi connectivity index (χ4n) is 3.70. The van der Waals surface area contributed by atoms with Crippen LogP contribution in [0.2, 0.25) is 0 Å². The Labute approximate surface area is 205 Å². The maximum atomic E-state index is 12.0. The first-order chi connectivity index (χ1) is 16.8. The molecule has 0 aliphatic heterocycles. The van der Waals surface area contributed by atoms with Crippen LogP contribution in [0.25, 0.3) is 0 Å². The lowest BCUT2D eigenvalue weighted by Crippen LogP contribution is -2.16. The number of hydrogen-bond donors (Lipinski definition) is 3. The van der Waals surface area contributed by atoms with Gasteiger partial charge in [0.25, 0.3) is 0 Å². The molecule has 0 fully saturated rings. The Morgan fingerprint density at radius 3 is 2.26 bits per heavy atom. The molecule has 180 valence electrons. The molecule has 0 radical (unpaired) electrons. The fraction of sp³-hybridized carbons (Fsp3) is 0.111. The first kappa shape index (κ1) is 24.1. The van der Waals surface area contributed by atoms with Crippen molar-refractivity contribution in [1.82, 2.24) is 0 Å². The Bertz CT molecular complexity index is 1390. The van der Waals surface area contributed by atoms with Crippen LogP contribution in [-0.4, -0.2) is 15.5 Å². The summed E-state index contributed by atoms with van der Waals surface area (Å²) < 4.78 is 35.7. The Hall–Kier alpha value is -4.01. The molecule has 0 heterocycles. The first-order valence-corrected chi connectivity index (χ1v) is 12.5. The Morgan fingerprint density at radius 2 is 1.57 bits per heavy atom. The summed E-state index contributed by atoms with van der Waals surface area (Å²) in [7, 11) is -2.30. The molecule has 35 heavy (non-hydrogen) atoms. The maximum absolute atomic E-state index is 12.0. The molecule has 4 aromatic carbocycles. The van der Waals surface area contributed by atoms with Gasteiger partial charge in [0.1, 0.15) is 11.5 Å². The summed E-state index contributed by atoms with van der Waals surface area (Å²) in [5.74, 6) is 1.28. The molecule has 0 amide bonds. The number of methoxy groups -OCH3 is 1. The molecule has 0 aliphatic carbocycles. The number of rotatable bonds is 9. The topological polar surface area (TPSA) is 117 Å². The molecular weight excluding hydrogens is 462 g/mol. The van der Waals surface area contributed by atoms with Crippen molar-refractivity contribution in [3.05, 3.63) is 114 Å². The molecule has 5 N–H and O–H groups in total. The van der Waals surface area contributed by atoms with Gasteiger partial charge in [-0.05, 0) is 59.7 Å². The van der Waals surface area contributed by atoms with Crippen molar-refractivity contribution < 1.29 is 17.9 Å². The molecule has 1 atom stereocenters. The number of nitrogens with two attached hydrogens (primary N) is 2. The number of sulfonamides is 1. The zero-order valence-corrected chi connectivity index (χ0v) is 20.0. The summed E-state index contributed by atoms with van der Waals surface area (Å²) in [6.45, 7) is 0.573. The monoisotopic (exact) mass is 489 g/mol. The zero-order chi connectivity index (χ0) is 24.8. The van der Waals surface area contributed by atoms with E-state index in [1.54, 1.807) is 49.6 Å². The minimum atomic E-state index is -3.89. The highest BCUT2D eigenvalue weighted by molar-refractivity contribution is 7.89. The predicted molar refractivity (Wildman–Crippen MR) is 138 cm³/mol. The third-order valence-electron chi connectivity index (χ3n) is 5.49. The molecule has 0 aromatic heterocycles. The molecule has 0 spiro atoms. The minimum absolute atomic E-state index is 0.00701. The third-order valence-corrected chi connectivity index (χ3v) is 6.40. The van der Waals surface area contributed by atoms with Gasteiger partial charge in [0.05, 0.1) is 12.0 Å². The molecule has 4 aromatic rings. The molecular formula is C27H27N3O4S. The molecule has 4 rings (SSSR count). The first-order valence-electron chi connectivity index (χ1n) is 10.9. The predicted octanol–water partition coefficient (Wildman–Crippen LogP) is 4.71. The molecule has 0 saturated heterocycles. The van der Waals surface area contributed by atoms with E-state index in [-0.39, 0.29) is 4.90 Å². The minimum Gasteiger partial charge on any atom is -0.497 e. The van der Waals surface area contributed by atoms with E-state index in [2.05, 4.69) is 5.32 Å². The van der Waals surface area contributed by atoms with Crippen LogP contribution < -0.4 is 25.7 Å². The van der Waals surface area contributed by atoms with Gasteiger partial charge in [0.15, 0.2) is 6.10 Å². The van der Waals surface area contributed by atoms with E-state index < -0.39 is 16.1 Å². The highest BCUT2D eigenvalue weighted by atomic mass is 32.2. The van der Waals surface area contributed by atoms with Gasteiger partial charge in [-0.1, -0.05) is 48.5 Å². The van der Waals surface area contributed by atoms with Crippen LogP contribution in [0.3, 0.4) is 0 Å². The summed E-state index contributed by atoms with van der Waals surface area (Å²) >= 11 is 0. The second-order valence-electron chi connectivity index (χ2n) is 7.98. The Balaban J connectivity index is 1.77. The van der Waals surface area contributed by atoms with Crippen molar-refractivity contribution in [3.8, 4) is 11.5 Å². The second kappa shape index (κ2) is 10.5. The number of ether oxygens (including phenoxy) is 2. The maximum Gasteiger partial charge on any atom is 0.238 e. The number of nitrogen functional groups attached to an aromatic ring is 1. The van der Waals surface area contributed by atoms with Gasteiger partial charge in [-0.25, -0.2) is 13.6 Å². The number of primary sulfonamides is 1. The molecule has 8 heteroatoms. The summed E-state index contributed by atoms with van der Waals surface area (Å²) in [6.07, 6.45) is -0.649. The van der Waals surface area contributed by atoms with Crippen molar-refractivity contribution in [2.45, 2.75) is 17.5 Å². The van der Waals surface area contributed by atoms with Crippen LogP contribution >= 0.6 is 0 Å². The summed E-state index contributed by atoms with van der Waals surface area (Å²) in [4.78, 5) is 0.00701. The highest BCUT2D eigenvalue weighted by Crippen LogP contribution is 2.35. The van der Waals surface area contributed by atoms with Gasteiger partial charge in [0.2, 0.25) is 10.0 Å². The smallest absolute Gasteiger partial charge is 0.238 e. The van der Waals surface area contributed by atoms with Gasteiger partial charge < -0.3 is 20.5 Å². The van der Waals surface area contributed by atoms with Gasteiger partial charge in [0, 0.05) is 23.5 Å². The molecule has 0 bridgehead atoms. The van der Waals surface area contributed by atoms with Crippen LogP contribution in [-0.2, 0) is 16.6 Å². The van der Waals surface area contributed by atoms with Gasteiger partial charge >= 0.3 is 0 Å². The largest absolute Gasteiger partial charge is 0.497 e. The average molecular weight is 490 g/mol. The summed E-state index contributed by atoms with van der Waals surface area (Å²) in [6, 6.07) is 29.1. The van der Waals surface area contributed by atoms with Crippen LogP contribution in [0.15, 0.2) is 102 Å². The van der Waals surface area contributed by atoms with E-state index >= 15 is 0 Å². The van der Waals surface area contributed by atoms with Crippen LogP contribution in [0.4, 0.5) is 11.4 Å². The van der Waals surface area contributed by atoms with E-state index in [0.29, 0.717) is 29.3 Å². The van der Waals surface area contributed by atoms with Gasteiger partial charge in [-0.3, -0.25) is 0 Å². The van der Waals surface area contributed by atoms with Crippen molar-refractivity contribution in [2.24, 2.45) is 5.14 Å². The Morgan fingerprint density at radius 1 is 0.857 bits per heavy atom. The average Bonchev–Trinajstić information content (AvgIpc) is 2.87. The second-order valence-corrected chi connectivity index (χ2v) is 9.54. The van der Waals surface area contributed by atoms with E-state index in [9.17, 15) is 8.42 Å². The lowest BCUT2D eigenvalue weighted by Gasteiger charge is -2.24. The quantitative estimate of drug-likeness (QED) is 0.293. The van der Waals surface area contributed by atoms with E-state index in [1.807, 2.05) is 42.5 Å². The fourth-order valence-corrected chi connectivity index (χ4v) is 4.27. The Kier molecular flexibility index (Phi) is 7.24. The van der Waals surface area contributed by atoms with Crippen molar-refractivity contribution in [2.75, 3.05) is 18.2 Å². The van der Waals surface area contributed by atoms with E-state index in [4.69, 9.17) is 20.3 Å². The lowest BCUT2D eigenvalue weighted by molar-refractivity contribution is 0.247. The van der Waals surface area contributed by atoms with Gasteiger partial charge in [-0.15, -0.1) is 0 Å². The zero-order valence-electron chi connectivity index (χ0n) is 19.2. The number of hydrogen-bond acceptors (Lipinski definition) is 6. The third kappa shape index (κ3) is 6.11. The van der Waals surface area contributed by atoms with Crippen molar-refractivity contribution >= 4 is 21.4 Å². The molecule has 0 aliphatic rings. The van der Waals surface area contributed by atoms with Crippen molar-refractivity contribution in [1.29, 1.82) is 0 Å². The van der Waals surface area contributed by atoms with Crippen LogP contribution in [0.1, 0.15) is 22.8 Å².